The van der Waals surface area contributed by atoms with Crippen molar-refractivity contribution in [3.63, 3.8) is 0 Å². The summed E-state index contributed by atoms with van der Waals surface area (Å²) in [6.45, 7) is 18.4. The summed E-state index contributed by atoms with van der Waals surface area (Å²) in [7, 11) is 0. The van der Waals surface area contributed by atoms with E-state index in [0.717, 1.165) is 12.8 Å². The molecule has 0 heterocycles. The van der Waals surface area contributed by atoms with Crippen molar-refractivity contribution in [1.29, 1.82) is 0 Å². The molecule has 0 spiro atoms. The summed E-state index contributed by atoms with van der Waals surface area (Å²) in [4.78, 5) is 2.83. The highest BCUT2D eigenvalue weighted by Gasteiger charge is 2.22. The second-order valence-electron chi connectivity index (χ2n) is 8.87. The first-order valence-electron chi connectivity index (χ1n) is 9.52. The quantitative estimate of drug-likeness (QED) is 0.546. The van der Waals surface area contributed by atoms with E-state index >= 15 is 0 Å². The minimum Gasteiger partial charge on any atom is -0.0895 e. The van der Waals surface area contributed by atoms with Crippen LogP contribution in [-0.2, 0) is 23.7 Å². The first-order chi connectivity index (χ1) is 11.6. The second-order valence-corrected chi connectivity index (χ2v) is 9.96. The summed E-state index contributed by atoms with van der Waals surface area (Å²) in [5.74, 6) is 0. The van der Waals surface area contributed by atoms with Gasteiger partial charge in [-0.3, -0.25) is 0 Å². The van der Waals surface area contributed by atoms with Crippen LogP contribution >= 0.6 is 11.8 Å². The molecular weight excluding hydrogens is 320 g/mol. The van der Waals surface area contributed by atoms with Crippen LogP contribution in [0.5, 0.6) is 0 Å². The van der Waals surface area contributed by atoms with E-state index in [1.54, 1.807) is 0 Å². The van der Waals surface area contributed by atoms with Crippen LogP contribution in [0.15, 0.2) is 46.2 Å². The van der Waals surface area contributed by atoms with Gasteiger partial charge in [0.25, 0.3) is 0 Å². The highest BCUT2D eigenvalue weighted by Crippen LogP contribution is 2.40. The number of rotatable bonds is 4. The minimum atomic E-state index is 0.183. The molecule has 0 nitrogen and oxygen atoms in total. The van der Waals surface area contributed by atoms with Crippen LogP contribution in [0.25, 0.3) is 0 Å². The first kappa shape index (κ1) is 20.1. The van der Waals surface area contributed by atoms with E-state index < -0.39 is 0 Å². The Morgan fingerprint density at radius 3 is 1.28 bits per heavy atom. The largest absolute Gasteiger partial charge is 0.0895 e. The van der Waals surface area contributed by atoms with Gasteiger partial charge in [0, 0.05) is 9.79 Å². The Morgan fingerprint density at radius 2 is 1.00 bits per heavy atom. The first-order valence-corrected chi connectivity index (χ1v) is 10.3. The summed E-state index contributed by atoms with van der Waals surface area (Å²) >= 11 is 1.95. The van der Waals surface area contributed by atoms with Crippen LogP contribution in [-0.4, -0.2) is 0 Å². The van der Waals surface area contributed by atoms with Gasteiger partial charge in [-0.2, -0.15) is 0 Å². The average molecular weight is 355 g/mol. The molecule has 2 aromatic rings. The monoisotopic (exact) mass is 354 g/mol. The fourth-order valence-electron chi connectivity index (χ4n) is 3.58. The third kappa shape index (κ3) is 4.50. The Morgan fingerprint density at radius 1 is 0.640 bits per heavy atom. The van der Waals surface area contributed by atoms with E-state index in [-0.39, 0.29) is 10.8 Å². The van der Waals surface area contributed by atoms with E-state index in [1.807, 2.05) is 11.8 Å². The zero-order valence-electron chi connectivity index (χ0n) is 17.3. The molecule has 0 amide bonds. The van der Waals surface area contributed by atoms with Crippen LogP contribution in [0.1, 0.15) is 77.6 Å². The highest BCUT2D eigenvalue weighted by molar-refractivity contribution is 7.99. The SMILES string of the molecule is CCc1c(Sc2cccc(C(C)(C)C)c2CC)cccc1C(C)(C)C. The lowest BCUT2D eigenvalue weighted by molar-refractivity contribution is 0.580. The Hall–Kier alpha value is -1.21. The summed E-state index contributed by atoms with van der Waals surface area (Å²) in [6.07, 6.45) is 2.16. The predicted octanol–water partition coefficient (Wildman–Crippen LogP) is 7.56. The maximum Gasteiger partial charge on any atom is 0.0157 e. The smallest absolute Gasteiger partial charge is 0.0157 e. The van der Waals surface area contributed by atoms with Crippen LogP contribution in [0.3, 0.4) is 0 Å². The van der Waals surface area contributed by atoms with Crippen molar-refractivity contribution in [3.05, 3.63) is 58.7 Å². The van der Waals surface area contributed by atoms with Gasteiger partial charge in [0.05, 0.1) is 0 Å². The third-order valence-corrected chi connectivity index (χ3v) is 6.01. The lowest BCUT2D eigenvalue weighted by Gasteiger charge is -2.26. The van der Waals surface area contributed by atoms with Crippen molar-refractivity contribution >= 4 is 11.8 Å². The normalized spacial score (nSPS) is 12.5. The van der Waals surface area contributed by atoms with E-state index in [4.69, 9.17) is 0 Å². The van der Waals surface area contributed by atoms with E-state index in [0.29, 0.717) is 0 Å². The molecule has 0 atom stereocenters. The standard InChI is InChI=1S/C24H34S/c1-9-17-19(23(3,4)5)13-11-15-21(17)25-22-16-12-14-20(18(22)10-2)24(6,7)8/h11-16H,9-10H2,1-8H3. The number of benzene rings is 2. The lowest BCUT2D eigenvalue weighted by atomic mass is 9.83. The second kappa shape index (κ2) is 7.58. The maximum absolute atomic E-state index is 2.31. The third-order valence-electron chi connectivity index (χ3n) is 4.81. The van der Waals surface area contributed by atoms with Gasteiger partial charge in [0.1, 0.15) is 0 Å². The molecule has 25 heavy (non-hydrogen) atoms. The summed E-state index contributed by atoms with van der Waals surface area (Å²) in [6, 6.07) is 13.6. The van der Waals surface area contributed by atoms with Gasteiger partial charge in [-0.05, 0) is 58.1 Å². The van der Waals surface area contributed by atoms with Gasteiger partial charge in [0.2, 0.25) is 0 Å². The van der Waals surface area contributed by atoms with Crippen LogP contribution in [0, 0.1) is 0 Å². The molecule has 0 aromatic heterocycles. The molecule has 0 radical (unpaired) electrons. The Kier molecular flexibility index (Phi) is 6.09. The molecule has 0 bridgehead atoms. The van der Waals surface area contributed by atoms with Crippen LogP contribution < -0.4 is 0 Å². The molecule has 0 N–H and O–H groups in total. The van der Waals surface area contributed by atoms with E-state index in [9.17, 15) is 0 Å². The van der Waals surface area contributed by atoms with Crippen molar-refractivity contribution in [2.24, 2.45) is 0 Å². The molecule has 0 aliphatic carbocycles. The molecule has 0 aliphatic rings. The van der Waals surface area contributed by atoms with Gasteiger partial charge < -0.3 is 0 Å². The fourth-order valence-corrected chi connectivity index (χ4v) is 4.86. The van der Waals surface area contributed by atoms with Crippen molar-refractivity contribution in [2.45, 2.75) is 88.9 Å². The van der Waals surface area contributed by atoms with Gasteiger partial charge in [-0.1, -0.05) is 91.4 Å². The van der Waals surface area contributed by atoms with E-state index in [1.165, 1.54) is 32.0 Å². The Bertz CT molecular complexity index is 663. The van der Waals surface area contributed by atoms with Crippen LogP contribution in [0.2, 0.25) is 0 Å². The van der Waals surface area contributed by atoms with E-state index in [2.05, 4.69) is 91.8 Å². The average Bonchev–Trinajstić information content (AvgIpc) is 2.52. The number of hydrogen-bond donors (Lipinski definition) is 0. The topological polar surface area (TPSA) is 0 Å². The molecule has 1 heteroatoms. The van der Waals surface area contributed by atoms with Crippen molar-refractivity contribution in [3.8, 4) is 0 Å². The molecule has 0 aliphatic heterocycles. The fraction of sp³-hybridized carbons (Fsp3) is 0.500. The van der Waals surface area contributed by atoms with Crippen molar-refractivity contribution in [1.82, 2.24) is 0 Å². The zero-order chi connectivity index (χ0) is 18.8. The predicted molar refractivity (Wildman–Crippen MR) is 113 cm³/mol. The summed E-state index contributed by atoms with van der Waals surface area (Å²) in [5.41, 5.74) is 6.33. The molecule has 0 fully saturated rings. The minimum absolute atomic E-state index is 0.183. The van der Waals surface area contributed by atoms with Crippen LogP contribution in [0.4, 0.5) is 0 Å². The zero-order valence-corrected chi connectivity index (χ0v) is 18.1. The molecule has 0 saturated heterocycles. The molecule has 2 aromatic carbocycles. The Balaban J connectivity index is 2.55. The van der Waals surface area contributed by atoms with Gasteiger partial charge in [-0.25, -0.2) is 0 Å². The molecular formula is C24H34S. The molecule has 136 valence electrons. The molecule has 2 rings (SSSR count). The Labute approximate surface area is 159 Å². The maximum atomic E-state index is 2.31. The van der Waals surface area contributed by atoms with Crippen molar-refractivity contribution in [2.75, 3.05) is 0 Å². The van der Waals surface area contributed by atoms with Gasteiger partial charge in [-0.15, -0.1) is 0 Å². The van der Waals surface area contributed by atoms with Gasteiger partial charge >= 0.3 is 0 Å². The van der Waals surface area contributed by atoms with Gasteiger partial charge in [0.15, 0.2) is 0 Å². The lowest BCUT2D eigenvalue weighted by Crippen LogP contribution is -2.15. The molecule has 0 saturated carbocycles. The highest BCUT2D eigenvalue weighted by atomic mass is 32.2. The number of hydrogen-bond acceptors (Lipinski definition) is 1. The van der Waals surface area contributed by atoms with Crippen molar-refractivity contribution < 1.29 is 0 Å². The summed E-state index contributed by atoms with van der Waals surface area (Å²) in [5, 5.41) is 0. The molecule has 0 unspecified atom stereocenters. The summed E-state index contributed by atoms with van der Waals surface area (Å²) < 4.78 is 0.